The lowest BCUT2D eigenvalue weighted by atomic mass is 10.1. The fourth-order valence-corrected chi connectivity index (χ4v) is 3.84. The van der Waals surface area contributed by atoms with Crippen molar-refractivity contribution >= 4 is 17.3 Å². The molecule has 182 valence electrons. The Hall–Kier alpha value is -3.47. The van der Waals surface area contributed by atoms with Crippen LogP contribution in [0.5, 0.6) is 0 Å². The Labute approximate surface area is 199 Å². The molecule has 4 aromatic rings. The molecule has 0 unspecified atom stereocenters. The van der Waals surface area contributed by atoms with Crippen LogP contribution in [0, 0.1) is 6.92 Å². The first-order valence-corrected chi connectivity index (χ1v) is 11.4. The van der Waals surface area contributed by atoms with Gasteiger partial charge < -0.3 is 19.8 Å². The number of aryl methyl sites for hydroxylation is 2. The smallest absolute Gasteiger partial charge is 0.245 e. The largest absolute Gasteiger partial charge is 0.443 e. The number of anilines is 2. The van der Waals surface area contributed by atoms with Gasteiger partial charge in [-0.05, 0) is 40.5 Å². The number of rotatable bonds is 10. The third-order valence-electron chi connectivity index (χ3n) is 6.23. The minimum atomic E-state index is -0.263. The summed E-state index contributed by atoms with van der Waals surface area (Å²) in [6, 6.07) is 0.329. The zero-order valence-electron chi connectivity index (χ0n) is 20.7. The van der Waals surface area contributed by atoms with Crippen molar-refractivity contribution in [1.82, 2.24) is 34.3 Å². The van der Waals surface area contributed by atoms with Crippen LogP contribution in [0.1, 0.15) is 45.0 Å². The Morgan fingerprint density at radius 3 is 2.79 bits per heavy atom. The molecule has 11 nitrogen and oxygen atoms in total. The molecule has 4 heterocycles. The van der Waals surface area contributed by atoms with Gasteiger partial charge in [0.1, 0.15) is 12.0 Å². The average Bonchev–Trinajstić information content (AvgIpc) is 3.56. The van der Waals surface area contributed by atoms with Crippen LogP contribution < -0.4 is 10.6 Å². The predicted molar refractivity (Wildman–Crippen MR) is 130 cm³/mol. The molecule has 0 amide bonds. The number of hydrogen-bond acceptors (Lipinski definition) is 9. The van der Waals surface area contributed by atoms with Crippen molar-refractivity contribution in [1.29, 1.82) is 0 Å². The van der Waals surface area contributed by atoms with Crippen molar-refractivity contribution < 1.29 is 9.15 Å². The highest BCUT2D eigenvalue weighted by Gasteiger charge is 2.20. The van der Waals surface area contributed by atoms with Crippen molar-refractivity contribution in [3.8, 4) is 11.6 Å². The van der Waals surface area contributed by atoms with E-state index >= 15 is 0 Å². The van der Waals surface area contributed by atoms with Crippen LogP contribution >= 0.6 is 0 Å². The minimum absolute atomic E-state index is 0.259. The third-order valence-corrected chi connectivity index (χ3v) is 6.23. The Bertz CT molecular complexity index is 1240. The summed E-state index contributed by atoms with van der Waals surface area (Å²) < 4.78 is 14.4. The number of methoxy groups -OCH3 is 1. The summed E-state index contributed by atoms with van der Waals surface area (Å²) in [5.74, 6) is 1.42. The first-order chi connectivity index (χ1) is 16.2. The van der Waals surface area contributed by atoms with E-state index in [0.717, 1.165) is 36.3 Å². The van der Waals surface area contributed by atoms with E-state index in [4.69, 9.17) is 19.9 Å². The van der Waals surface area contributed by atoms with Crippen LogP contribution in [0.15, 0.2) is 29.3 Å². The number of fused-ring (bicyclic) bond motifs is 1. The summed E-state index contributed by atoms with van der Waals surface area (Å²) in [5.41, 5.74) is 9.04. The first-order valence-electron chi connectivity index (χ1n) is 11.4. The van der Waals surface area contributed by atoms with Crippen LogP contribution in [0.3, 0.4) is 0 Å². The molecule has 0 spiro atoms. The molecule has 0 saturated heterocycles. The van der Waals surface area contributed by atoms with Gasteiger partial charge in [-0.1, -0.05) is 0 Å². The fraction of sp³-hybridized carbons (Fsp3) is 0.522. The molecular weight excluding hydrogens is 434 g/mol. The van der Waals surface area contributed by atoms with Crippen molar-refractivity contribution in [3.05, 3.63) is 36.2 Å². The maximum Gasteiger partial charge on any atom is 0.245 e. The predicted octanol–water partition coefficient (Wildman–Crippen LogP) is 3.14. The van der Waals surface area contributed by atoms with Gasteiger partial charge in [-0.15, -0.1) is 5.10 Å². The molecule has 0 saturated carbocycles. The van der Waals surface area contributed by atoms with Crippen LogP contribution in [0.2, 0.25) is 0 Å². The number of ether oxygens (including phenoxy) is 1. The molecule has 1 atom stereocenters. The second-order valence-corrected chi connectivity index (χ2v) is 9.26. The summed E-state index contributed by atoms with van der Waals surface area (Å²) in [5, 5.41) is 9.06. The van der Waals surface area contributed by atoms with E-state index in [0.29, 0.717) is 29.8 Å². The van der Waals surface area contributed by atoms with Crippen molar-refractivity contribution in [2.75, 3.05) is 24.8 Å². The molecule has 0 fully saturated rings. The number of hydrogen-bond donors (Lipinski definition) is 1. The van der Waals surface area contributed by atoms with Gasteiger partial charge in [-0.25, -0.2) is 15.0 Å². The second-order valence-electron chi connectivity index (χ2n) is 9.26. The number of nitrogens with two attached hydrogens (primary N) is 1. The number of nitrogens with zero attached hydrogens (tertiary/aromatic N) is 8. The average molecular weight is 468 g/mol. The minimum Gasteiger partial charge on any atom is -0.443 e. The van der Waals surface area contributed by atoms with E-state index in [2.05, 4.69) is 45.2 Å². The number of aromatic nitrogens is 7. The van der Waals surface area contributed by atoms with Gasteiger partial charge in [-0.2, -0.15) is 9.61 Å². The van der Waals surface area contributed by atoms with Crippen LogP contribution in [0.4, 0.5) is 11.6 Å². The zero-order valence-corrected chi connectivity index (χ0v) is 20.7. The molecular formula is C23H33N9O2. The molecule has 0 bridgehead atoms. The maximum absolute atomic E-state index is 6.13. The van der Waals surface area contributed by atoms with Crippen molar-refractivity contribution in [3.63, 3.8) is 0 Å². The highest BCUT2D eigenvalue weighted by Crippen LogP contribution is 2.24. The summed E-state index contributed by atoms with van der Waals surface area (Å²) in [7, 11) is 3.81. The molecule has 0 aliphatic heterocycles. The standard InChI is InChI=1S/C23H33N9O2/c1-15(30(5)17-12-26-31(13-17)14-23(3,4)33-6)8-7-9-18-27-20-16(2)19(21-25-10-11-34-21)28-22(24)32(20)29-18/h10-13,15H,7-9,14H2,1-6H3,(H2,24,28)/t15-/m0/s1. The molecule has 11 heteroatoms. The summed E-state index contributed by atoms with van der Waals surface area (Å²) in [4.78, 5) is 15.5. The number of nitrogen functional groups attached to an aromatic ring is 1. The van der Waals surface area contributed by atoms with Crippen LogP contribution in [0.25, 0.3) is 17.2 Å². The van der Waals surface area contributed by atoms with Gasteiger partial charge in [0.2, 0.25) is 11.8 Å². The Kier molecular flexibility index (Phi) is 6.56. The summed E-state index contributed by atoms with van der Waals surface area (Å²) in [6.45, 7) is 8.93. The SMILES string of the molecule is COC(C)(C)Cn1cc(N(C)[C@@H](C)CCCc2nc3c(C)c(-c4ncco4)nc(N)n3n2)cn1. The second kappa shape index (κ2) is 9.41. The lowest BCUT2D eigenvalue weighted by molar-refractivity contribution is 0.00542. The maximum atomic E-state index is 6.13. The van der Waals surface area contributed by atoms with Gasteiger partial charge in [0.15, 0.2) is 11.5 Å². The van der Waals surface area contributed by atoms with Crippen LogP contribution in [-0.2, 0) is 17.7 Å². The Morgan fingerprint density at radius 2 is 2.09 bits per heavy atom. The first kappa shape index (κ1) is 23.7. The highest BCUT2D eigenvalue weighted by atomic mass is 16.5. The quantitative estimate of drug-likeness (QED) is 0.374. The van der Waals surface area contributed by atoms with E-state index < -0.39 is 0 Å². The summed E-state index contributed by atoms with van der Waals surface area (Å²) in [6.07, 6.45) is 9.71. The fourth-order valence-electron chi connectivity index (χ4n) is 3.84. The van der Waals surface area contributed by atoms with Crippen molar-refractivity contribution in [2.24, 2.45) is 0 Å². The van der Waals surface area contributed by atoms with E-state index in [9.17, 15) is 0 Å². The normalized spacial score (nSPS) is 13.0. The Morgan fingerprint density at radius 1 is 1.29 bits per heavy atom. The van der Waals surface area contributed by atoms with E-state index in [1.807, 2.05) is 31.6 Å². The Balaban J connectivity index is 1.38. The van der Waals surface area contributed by atoms with Crippen molar-refractivity contribution in [2.45, 2.75) is 65.1 Å². The molecule has 2 N–H and O–H groups in total. The molecule has 0 radical (unpaired) electrons. The van der Waals surface area contributed by atoms with E-state index in [1.54, 1.807) is 17.8 Å². The van der Waals surface area contributed by atoms with Gasteiger partial charge >= 0.3 is 0 Å². The lowest BCUT2D eigenvalue weighted by Gasteiger charge is -2.25. The molecule has 0 aliphatic rings. The van der Waals surface area contributed by atoms with Gasteiger partial charge in [0.25, 0.3) is 0 Å². The topological polar surface area (TPSA) is 125 Å². The van der Waals surface area contributed by atoms with Crippen LogP contribution in [-0.4, -0.2) is 60.1 Å². The zero-order chi connectivity index (χ0) is 24.5. The number of oxazole rings is 1. The molecule has 4 rings (SSSR count). The highest BCUT2D eigenvalue weighted by molar-refractivity contribution is 5.65. The van der Waals surface area contributed by atoms with E-state index in [-0.39, 0.29) is 11.5 Å². The molecule has 4 aromatic heterocycles. The monoisotopic (exact) mass is 467 g/mol. The van der Waals surface area contributed by atoms with Gasteiger partial charge in [-0.3, -0.25) is 4.68 Å². The van der Waals surface area contributed by atoms with Gasteiger partial charge in [0.05, 0.1) is 30.2 Å². The molecule has 34 heavy (non-hydrogen) atoms. The van der Waals surface area contributed by atoms with E-state index in [1.165, 1.54) is 6.26 Å². The lowest BCUT2D eigenvalue weighted by Crippen LogP contribution is -2.30. The molecule has 0 aromatic carbocycles. The molecule has 0 aliphatic carbocycles. The summed E-state index contributed by atoms with van der Waals surface area (Å²) >= 11 is 0. The van der Waals surface area contributed by atoms with Gasteiger partial charge in [0, 0.05) is 38.4 Å². The third kappa shape index (κ3) is 4.89.